The molecule has 0 bridgehead atoms. The van der Waals surface area contributed by atoms with Gasteiger partial charge in [-0.15, -0.1) is 0 Å². The van der Waals surface area contributed by atoms with E-state index in [-0.39, 0.29) is 17.0 Å². The average molecular weight is 415 g/mol. The zero-order valence-electron chi connectivity index (χ0n) is 14.1. The highest BCUT2D eigenvalue weighted by molar-refractivity contribution is 9.09. The molecule has 0 aliphatic carbocycles. The SMILES string of the molecule is CCCCCCC[N+](C)(CCBr)CCCCCCC.[Br-]. The molecular formula is C17H37Br2N. The van der Waals surface area contributed by atoms with Crippen molar-refractivity contribution in [3.05, 3.63) is 0 Å². The lowest BCUT2D eigenvalue weighted by molar-refractivity contribution is -0.907. The van der Waals surface area contributed by atoms with E-state index < -0.39 is 0 Å². The Morgan fingerprint density at radius 2 is 1.05 bits per heavy atom. The predicted octanol–water partition coefficient (Wildman–Crippen LogP) is 2.77. The molecule has 124 valence electrons. The lowest BCUT2D eigenvalue weighted by Crippen LogP contribution is -3.00. The molecule has 0 radical (unpaired) electrons. The standard InChI is InChI=1S/C17H37BrN.BrH/c1-4-6-8-10-12-15-19(3,17-14-18)16-13-11-9-7-5-2;/h4-17H2,1-3H3;1H/q+1;/p-1. The van der Waals surface area contributed by atoms with E-state index in [0.717, 1.165) is 5.33 Å². The normalized spacial score (nSPS) is 11.4. The highest BCUT2D eigenvalue weighted by atomic mass is 79.9. The molecule has 20 heavy (non-hydrogen) atoms. The van der Waals surface area contributed by atoms with Crippen molar-refractivity contribution in [2.75, 3.05) is 32.0 Å². The molecule has 0 aromatic heterocycles. The third-order valence-electron chi connectivity index (χ3n) is 4.23. The van der Waals surface area contributed by atoms with E-state index in [4.69, 9.17) is 0 Å². The third kappa shape index (κ3) is 13.9. The zero-order chi connectivity index (χ0) is 14.4. The lowest BCUT2D eigenvalue weighted by atomic mass is 10.1. The van der Waals surface area contributed by atoms with Gasteiger partial charge in [-0.05, 0) is 25.7 Å². The van der Waals surface area contributed by atoms with E-state index in [9.17, 15) is 0 Å². The summed E-state index contributed by atoms with van der Waals surface area (Å²) in [4.78, 5) is 0. The number of hydrogen-bond donors (Lipinski definition) is 0. The second-order valence-corrected chi connectivity index (χ2v) is 7.10. The summed E-state index contributed by atoms with van der Waals surface area (Å²) in [6, 6.07) is 0. The maximum absolute atomic E-state index is 3.64. The van der Waals surface area contributed by atoms with Gasteiger partial charge in [-0.25, -0.2) is 0 Å². The van der Waals surface area contributed by atoms with Crippen LogP contribution in [-0.4, -0.2) is 36.5 Å². The van der Waals surface area contributed by atoms with Crippen molar-refractivity contribution < 1.29 is 21.5 Å². The fourth-order valence-electron chi connectivity index (χ4n) is 2.73. The van der Waals surface area contributed by atoms with Gasteiger partial charge in [-0.3, -0.25) is 0 Å². The number of quaternary nitrogens is 1. The summed E-state index contributed by atoms with van der Waals surface area (Å²) in [6.07, 6.45) is 14.1. The lowest BCUT2D eigenvalue weighted by Gasteiger charge is -2.34. The molecule has 0 amide bonds. The highest BCUT2D eigenvalue weighted by Gasteiger charge is 2.19. The van der Waals surface area contributed by atoms with Gasteiger partial charge in [0.25, 0.3) is 0 Å². The van der Waals surface area contributed by atoms with Crippen molar-refractivity contribution in [2.24, 2.45) is 0 Å². The first-order chi connectivity index (χ1) is 9.18. The van der Waals surface area contributed by atoms with Gasteiger partial charge < -0.3 is 21.5 Å². The van der Waals surface area contributed by atoms with E-state index in [1.807, 2.05) is 0 Å². The number of hydrogen-bond acceptors (Lipinski definition) is 0. The summed E-state index contributed by atoms with van der Waals surface area (Å²) in [6.45, 7) is 8.64. The summed E-state index contributed by atoms with van der Waals surface area (Å²) in [5.41, 5.74) is 0. The van der Waals surface area contributed by atoms with Crippen LogP contribution in [0.1, 0.15) is 78.1 Å². The molecule has 3 heteroatoms. The maximum atomic E-state index is 3.64. The molecule has 0 saturated heterocycles. The first kappa shape index (κ1) is 23.2. The Bertz CT molecular complexity index is 172. The fourth-order valence-corrected chi connectivity index (χ4v) is 3.59. The van der Waals surface area contributed by atoms with Gasteiger partial charge >= 0.3 is 0 Å². The van der Waals surface area contributed by atoms with Gasteiger partial charge in [-0.2, -0.15) is 0 Å². The molecule has 0 aromatic carbocycles. The van der Waals surface area contributed by atoms with Crippen LogP contribution in [0.4, 0.5) is 0 Å². The topological polar surface area (TPSA) is 0 Å². The quantitative estimate of drug-likeness (QED) is 0.233. The number of unbranched alkanes of at least 4 members (excludes halogenated alkanes) is 8. The Morgan fingerprint density at radius 3 is 1.40 bits per heavy atom. The van der Waals surface area contributed by atoms with Gasteiger partial charge in [0.05, 0.1) is 32.0 Å². The van der Waals surface area contributed by atoms with E-state index >= 15 is 0 Å². The van der Waals surface area contributed by atoms with Crippen molar-refractivity contribution >= 4 is 15.9 Å². The number of rotatable bonds is 14. The monoisotopic (exact) mass is 413 g/mol. The van der Waals surface area contributed by atoms with E-state index in [1.165, 1.54) is 88.3 Å². The van der Waals surface area contributed by atoms with Crippen LogP contribution in [-0.2, 0) is 0 Å². The molecule has 0 saturated carbocycles. The molecular weight excluding hydrogens is 378 g/mol. The van der Waals surface area contributed by atoms with Crippen LogP contribution in [0.2, 0.25) is 0 Å². The first-order valence-electron chi connectivity index (χ1n) is 8.58. The van der Waals surface area contributed by atoms with E-state index in [0.29, 0.717) is 0 Å². The van der Waals surface area contributed by atoms with Crippen LogP contribution < -0.4 is 17.0 Å². The summed E-state index contributed by atoms with van der Waals surface area (Å²) in [5.74, 6) is 0. The molecule has 0 rings (SSSR count). The zero-order valence-corrected chi connectivity index (χ0v) is 17.3. The van der Waals surface area contributed by atoms with Crippen LogP contribution >= 0.6 is 15.9 Å². The van der Waals surface area contributed by atoms with Gasteiger partial charge in [0.1, 0.15) is 0 Å². The van der Waals surface area contributed by atoms with Gasteiger partial charge in [0.15, 0.2) is 0 Å². The van der Waals surface area contributed by atoms with Gasteiger partial charge in [0, 0.05) is 0 Å². The fraction of sp³-hybridized carbons (Fsp3) is 1.00. The second-order valence-electron chi connectivity index (χ2n) is 6.31. The number of alkyl halides is 1. The van der Waals surface area contributed by atoms with Crippen LogP contribution in [0.15, 0.2) is 0 Å². The van der Waals surface area contributed by atoms with Crippen molar-refractivity contribution in [1.29, 1.82) is 0 Å². The van der Waals surface area contributed by atoms with Gasteiger partial charge in [0.2, 0.25) is 0 Å². The summed E-state index contributed by atoms with van der Waals surface area (Å²) < 4.78 is 1.28. The number of halogens is 2. The van der Waals surface area contributed by atoms with Crippen LogP contribution in [0.25, 0.3) is 0 Å². The molecule has 0 aliphatic rings. The largest absolute Gasteiger partial charge is 1.00 e. The molecule has 1 nitrogen and oxygen atoms in total. The van der Waals surface area contributed by atoms with Gasteiger partial charge in [-0.1, -0.05) is 68.3 Å². The smallest absolute Gasteiger partial charge is 0.0883 e. The molecule has 0 aromatic rings. The molecule has 0 unspecified atom stereocenters. The molecule has 0 heterocycles. The summed E-state index contributed by atoms with van der Waals surface area (Å²) in [5, 5.41) is 1.15. The number of nitrogens with zero attached hydrogens (tertiary/aromatic N) is 1. The molecule has 0 spiro atoms. The molecule has 0 atom stereocenters. The Hall–Kier alpha value is 0.920. The van der Waals surface area contributed by atoms with Crippen LogP contribution in [0.3, 0.4) is 0 Å². The van der Waals surface area contributed by atoms with Crippen LogP contribution in [0, 0.1) is 0 Å². The molecule has 0 aliphatic heterocycles. The Labute approximate surface area is 147 Å². The van der Waals surface area contributed by atoms with Crippen molar-refractivity contribution in [2.45, 2.75) is 78.1 Å². The minimum atomic E-state index is 0. The third-order valence-corrected chi connectivity index (χ3v) is 4.58. The van der Waals surface area contributed by atoms with Crippen molar-refractivity contribution in [1.82, 2.24) is 0 Å². The Kier molecular flexibility index (Phi) is 18.9. The second kappa shape index (κ2) is 16.3. The Balaban J connectivity index is 0. The first-order valence-corrected chi connectivity index (χ1v) is 9.70. The summed E-state index contributed by atoms with van der Waals surface area (Å²) in [7, 11) is 2.46. The Morgan fingerprint density at radius 1 is 0.650 bits per heavy atom. The summed E-state index contributed by atoms with van der Waals surface area (Å²) >= 11 is 3.64. The predicted molar refractivity (Wildman–Crippen MR) is 92.1 cm³/mol. The minimum Gasteiger partial charge on any atom is -1.00 e. The van der Waals surface area contributed by atoms with E-state index in [1.54, 1.807) is 0 Å². The molecule has 0 fully saturated rings. The minimum absolute atomic E-state index is 0. The average Bonchev–Trinajstić information content (AvgIpc) is 2.39. The van der Waals surface area contributed by atoms with Crippen LogP contribution in [0.5, 0.6) is 0 Å². The maximum Gasteiger partial charge on any atom is 0.0883 e. The van der Waals surface area contributed by atoms with Crippen molar-refractivity contribution in [3.63, 3.8) is 0 Å². The van der Waals surface area contributed by atoms with E-state index in [2.05, 4.69) is 36.8 Å². The van der Waals surface area contributed by atoms with Crippen molar-refractivity contribution in [3.8, 4) is 0 Å². The molecule has 0 N–H and O–H groups in total. The highest BCUT2D eigenvalue weighted by Crippen LogP contribution is 2.13.